The van der Waals surface area contributed by atoms with Gasteiger partial charge in [0.25, 0.3) is 5.91 Å². The van der Waals surface area contributed by atoms with Crippen LogP contribution >= 0.6 is 27.5 Å². The van der Waals surface area contributed by atoms with Gasteiger partial charge in [-0.05, 0) is 49.2 Å². The second-order valence-electron chi connectivity index (χ2n) is 4.68. The number of carbonyl (C=O) groups excluding carboxylic acids is 1. The van der Waals surface area contributed by atoms with Crippen molar-refractivity contribution in [3.05, 3.63) is 57.0 Å². The molecule has 1 N–H and O–H groups in total. The maximum atomic E-state index is 12.0. The standard InChI is InChI=1S/C16H15BrClNO2/c1-10-7-12(17)8-11(2)16(10)19-15(20)9-21-14-6-4-3-5-13(14)18/h3-8H,9H2,1-2H3,(H,19,20). The molecule has 0 atom stereocenters. The van der Waals surface area contributed by atoms with Crippen LogP contribution in [0.4, 0.5) is 5.69 Å². The Morgan fingerprint density at radius 3 is 2.48 bits per heavy atom. The molecule has 2 aromatic carbocycles. The molecule has 3 nitrogen and oxygen atoms in total. The number of carbonyl (C=O) groups is 1. The van der Waals surface area contributed by atoms with Gasteiger partial charge in [-0.25, -0.2) is 0 Å². The first-order valence-electron chi connectivity index (χ1n) is 6.41. The summed E-state index contributed by atoms with van der Waals surface area (Å²) in [6, 6.07) is 11.0. The maximum Gasteiger partial charge on any atom is 0.262 e. The Kier molecular flexibility index (Phi) is 5.26. The Morgan fingerprint density at radius 1 is 1.24 bits per heavy atom. The van der Waals surface area contributed by atoms with Crippen molar-refractivity contribution in [1.29, 1.82) is 0 Å². The average molecular weight is 369 g/mol. The zero-order valence-corrected chi connectivity index (χ0v) is 14.1. The van der Waals surface area contributed by atoms with Gasteiger partial charge in [-0.1, -0.05) is 39.7 Å². The molecule has 0 saturated heterocycles. The molecule has 110 valence electrons. The number of rotatable bonds is 4. The summed E-state index contributed by atoms with van der Waals surface area (Å²) < 4.78 is 6.41. The number of aryl methyl sites for hydroxylation is 2. The van der Waals surface area contributed by atoms with Crippen molar-refractivity contribution in [3.8, 4) is 5.75 Å². The lowest BCUT2D eigenvalue weighted by molar-refractivity contribution is -0.118. The fourth-order valence-electron chi connectivity index (χ4n) is 1.99. The minimum Gasteiger partial charge on any atom is -0.482 e. The van der Waals surface area contributed by atoms with Crippen molar-refractivity contribution in [1.82, 2.24) is 0 Å². The summed E-state index contributed by atoms with van der Waals surface area (Å²) in [4.78, 5) is 12.0. The number of halogens is 2. The van der Waals surface area contributed by atoms with Gasteiger partial charge in [0.05, 0.1) is 5.02 Å². The van der Waals surface area contributed by atoms with Crippen LogP contribution < -0.4 is 10.1 Å². The summed E-state index contributed by atoms with van der Waals surface area (Å²) in [5, 5.41) is 3.35. The van der Waals surface area contributed by atoms with E-state index in [1.165, 1.54) is 0 Å². The zero-order chi connectivity index (χ0) is 15.4. The molecule has 0 spiro atoms. The number of para-hydroxylation sites is 1. The maximum absolute atomic E-state index is 12.0. The van der Waals surface area contributed by atoms with Gasteiger partial charge in [-0.15, -0.1) is 0 Å². The van der Waals surface area contributed by atoms with Crippen LogP contribution in [0.3, 0.4) is 0 Å². The monoisotopic (exact) mass is 367 g/mol. The summed E-state index contributed by atoms with van der Waals surface area (Å²) in [6.07, 6.45) is 0. The highest BCUT2D eigenvalue weighted by Crippen LogP contribution is 2.26. The number of ether oxygens (including phenoxy) is 1. The van der Waals surface area contributed by atoms with E-state index in [1.807, 2.05) is 38.1 Å². The quantitative estimate of drug-likeness (QED) is 0.846. The third kappa shape index (κ3) is 4.22. The fourth-order valence-corrected chi connectivity index (χ4v) is 2.87. The normalized spacial score (nSPS) is 10.3. The predicted octanol–water partition coefficient (Wildman–Crippen LogP) is 4.74. The van der Waals surface area contributed by atoms with Crippen molar-refractivity contribution in [2.45, 2.75) is 13.8 Å². The van der Waals surface area contributed by atoms with E-state index < -0.39 is 0 Å². The Bertz CT molecular complexity index is 650. The Labute approximate surface area is 137 Å². The molecule has 0 aliphatic rings. The number of amides is 1. The molecule has 21 heavy (non-hydrogen) atoms. The van der Waals surface area contributed by atoms with Crippen molar-refractivity contribution in [2.75, 3.05) is 11.9 Å². The molecule has 0 heterocycles. The summed E-state index contributed by atoms with van der Waals surface area (Å²) >= 11 is 9.40. The number of hydrogen-bond acceptors (Lipinski definition) is 2. The fraction of sp³-hybridized carbons (Fsp3) is 0.188. The van der Waals surface area contributed by atoms with Crippen molar-refractivity contribution in [3.63, 3.8) is 0 Å². The molecule has 2 aromatic rings. The van der Waals surface area contributed by atoms with Crippen LogP contribution in [0.25, 0.3) is 0 Å². The molecular weight excluding hydrogens is 354 g/mol. The summed E-state index contributed by atoms with van der Waals surface area (Å²) in [5.41, 5.74) is 2.80. The van der Waals surface area contributed by atoms with Crippen molar-refractivity contribution < 1.29 is 9.53 Å². The lowest BCUT2D eigenvalue weighted by atomic mass is 10.1. The third-order valence-electron chi connectivity index (χ3n) is 2.96. The number of hydrogen-bond donors (Lipinski definition) is 1. The molecule has 0 fully saturated rings. The largest absolute Gasteiger partial charge is 0.482 e. The van der Waals surface area contributed by atoms with Crippen LogP contribution in [0.2, 0.25) is 5.02 Å². The van der Waals surface area contributed by atoms with Gasteiger partial charge < -0.3 is 10.1 Å². The Hall–Kier alpha value is -1.52. The van der Waals surface area contributed by atoms with Crippen molar-refractivity contribution in [2.24, 2.45) is 0 Å². The first-order valence-corrected chi connectivity index (χ1v) is 7.58. The zero-order valence-electron chi connectivity index (χ0n) is 11.7. The second kappa shape index (κ2) is 6.96. The van der Waals surface area contributed by atoms with Crippen LogP contribution in [0.15, 0.2) is 40.9 Å². The molecule has 0 aliphatic heterocycles. The summed E-state index contributed by atoms with van der Waals surface area (Å²) in [5.74, 6) is 0.280. The topological polar surface area (TPSA) is 38.3 Å². The highest BCUT2D eigenvalue weighted by molar-refractivity contribution is 9.10. The van der Waals surface area contributed by atoms with Gasteiger partial charge in [0.1, 0.15) is 5.75 Å². The average Bonchev–Trinajstić information content (AvgIpc) is 2.42. The lowest BCUT2D eigenvalue weighted by Gasteiger charge is -2.13. The van der Waals surface area contributed by atoms with Gasteiger partial charge in [0, 0.05) is 10.2 Å². The molecule has 1 amide bonds. The minimum absolute atomic E-state index is 0.0846. The van der Waals surface area contributed by atoms with Crippen LogP contribution in [0.1, 0.15) is 11.1 Å². The van der Waals surface area contributed by atoms with E-state index in [9.17, 15) is 4.79 Å². The van der Waals surface area contributed by atoms with Crippen LogP contribution in [0.5, 0.6) is 5.75 Å². The molecule has 0 saturated carbocycles. The van der Waals surface area contributed by atoms with Crippen LogP contribution in [0, 0.1) is 13.8 Å². The number of nitrogens with one attached hydrogen (secondary N) is 1. The summed E-state index contributed by atoms with van der Waals surface area (Å²) in [6.45, 7) is 3.81. The molecule has 0 bridgehead atoms. The summed E-state index contributed by atoms with van der Waals surface area (Å²) in [7, 11) is 0. The highest BCUT2D eigenvalue weighted by atomic mass is 79.9. The van der Waals surface area contributed by atoms with E-state index in [1.54, 1.807) is 12.1 Å². The third-order valence-corrected chi connectivity index (χ3v) is 3.73. The number of benzene rings is 2. The van der Waals surface area contributed by atoms with Gasteiger partial charge in [0.2, 0.25) is 0 Å². The van der Waals surface area contributed by atoms with E-state index >= 15 is 0 Å². The van der Waals surface area contributed by atoms with Crippen molar-refractivity contribution >= 4 is 39.1 Å². The van der Waals surface area contributed by atoms with E-state index in [0.717, 1.165) is 21.3 Å². The van der Waals surface area contributed by atoms with E-state index in [2.05, 4.69) is 21.2 Å². The SMILES string of the molecule is Cc1cc(Br)cc(C)c1NC(=O)COc1ccccc1Cl. The van der Waals surface area contributed by atoms with Crippen LogP contribution in [-0.2, 0) is 4.79 Å². The van der Waals surface area contributed by atoms with E-state index in [-0.39, 0.29) is 12.5 Å². The lowest BCUT2D eigenvalue weighted by Crippen LogP contribution is -2.21. The predicted molar refractivity (Wildman–Crippen MR) is 89.2 cm³/mol. The first-order chi connectivity index (χ1) is 9.97. The molecule has 0 radical (unpaired) electrons. The molecule has 0 aliphatic carbocycles. The Morgan fingerprint density at radius 2 is 1.86 bits per heavy atom. The second-order valence-corrected chi connectivity index (χ2v) is 6.00. The van der Waals surface area contributed by atoms with Gasteiger partial charge in [-0.2, -0.15) is 0 Å². The smallest absolute Gasteiger partial charge is 0.262 e. The van der Waals surface area contributed by atoms with Gasteiger partial charge in [-0.3, -0.25) is 4.79 Å². The van der Waals surface area contributed by atoms with E-state index in [0.29, 0.717) is 10.8 Å². The Balaban J connectivity index is 2.01. The number of anilines is 1. The van der Waals surface area contributed by atoms with Gasteiger partial charge in [0.15, 0.2) is 6.61 Å². The molecule has 2 rings (SSSR count). The molecule has 5 heteroatoms. The first kappa shape index (κ1) is 15.9. The minimum atomic E-state index is -0.219. The molecular formula is C16H15BrClNO2. The van der Waals surface area contributed by atoms with E-state index in [4.69, 9.17) is 16.3 Å². The molecule has 0 unspecified atom stereocenters. The molecule has 0 aromatic heterocycles. The van der Waals surface area contributed by atoms with Crippen LogP contribution in [-0.4, -0.2) is 12.5 Å². The highest BCUT2D eigenvalue weighted by Gasteiger charge is 2.10. The van der Waals surface area contributed by atoms with Gasteiger partial charge >= 0.3 is 0 Å².